The van der Waals surface area contributed by atoms with E-state index in [4.69, 9.17) is 26.2 Å². The number of carboxylic acids is 4. The van der Waals surface area contributed by atoms with E-state index >= 15 is 0 Å². The highest BCUT2D eigenvalue weighted by Crippen LogP contribution is 2.19. The van der Waals surface area contributed by atoms with Crippen LogP contribution in [0.1, 0.15) is 32.1 Å². The van der Waals surface area contributed by atoms with Crippen LogP contribution in [0.5, 0.6) is 0 Å². The quantitative estimate of drug-likeness (QED) is 0.152. The maximum absolute atomic E-state index is 12.7. The second kappa shape index (κ2) is 11.6. The minimum atomic E-state index is -1.87. The first kappa shape index (κ1) is 26.3. The summed E-state index contributed by atoms with van der Waals surface area (Å²) in [6, 6.07) is -6.19. The molecule has 1 fully saturated rings. The second-order valence-electron chi connectivity index (χ2n) is 7.05. The lowest BCUT2D eigenvalue weighted by atomic mass is 10.1. The molecule has 178 valence electrons. The Morgan fingerprint density at radius 3 is 1.88 bits per heavy atom. The predicted octanol–water partition coefficient (Wildman–Crippen LogP) is -3.22. The zero-order chi connectivity index (χ0) is 24.6. The van der Waals surface area contributed by atoms with Crippen molar-refractivity contribution in [2.24, 2.45) is 5.73 Å². The molecule has 0 saturated carbocycles. The molecule has 15 nitrogen and oxygen atoms in total. The summed E-state index contributed by atoms with van der Waals surface area (Å²) < 4.78 is 0. The number of carboxylic acid groups (broad SMARTS) is 4. The van der Waals surface area contributed by atoms with Crippen LogP contribution in [-0.4, -0.2) is 97.6 Å². The minimum absolute atomic E-state index is 0.0831. The number of hydrogen-bond donors (Lipinski definition) is 7. The molecule has 1 rings (SSSR count). The standard InChI is InChI=1S/C17H24N4O11/c18-7(4-11(22)23)16(30)21-3-1-2-10(21)15(29)19-8(5-12(24)25)14(28)20-9(17(31)32)6-13(26)27/h7-10H,1-6,18H2,(H,19,29)(H,20,28)(H,22,23)(H,24,25)(H,26,27)(H,31,32). The predicted molar refractivity (Wildman–Crippen MR) is 101 cm³/mol. The molecule has 32 heavy (non-hydrogen) atoms. The Kier molecular flexibility index (Phi) is 9.52. The van der Waals surface area contributed by atoms with Crippen molar-refractivity contribution in [3.63, 3.8) is 0 Å². The molecule has 4 unspecified atom stereocenters. The van der Waals surface area contributed by atoms with E-state index in [0.717, 1.165) is 4.90 Å². The van der Waals surface area contributed by atoms with Crippen LogP contribution < -0.4 is 16.4 Å². The Morgan fingerprint density at radius 2 is 1.38 bits per heavy atom. The normalized spacial score (nSPS) is 18.2. The second-order valence-corrected chi connectivity index (χ2v) is 7.05. The van der Waals surface area contributed by atoms with Gasteiger partial charge in [0, 0.05) is 6.54 Å². The molecule has 4 atom stereocenters. The first-order valence-electron chi connectivity index (χ1n) is 9.38. The maximum atomic E-state index is 12.7. The first-order valence-corrected chi connectivity index (χ1v) is 9.38. The fraction of sp³-hybridized carbons (Fsp3) is 0.588. The molecular formula is C17H24N4O11. The monoisotopic (exact) mass is 460 g/mol. The van der Waals surface area contributed by atoms with Gasteiger partial charge in [-0.15, -0.1) is 0 Å². The Bertz CT molecular complexity index is 799. The van der Waals surface area contributed by atoms with Crippen molar-refractivity contribution in [2.75, 3.05) is 6.54 Å². The van der Waals surface area contributed by atoms with Gasteiger partial charge in [-0.1, -0.05) is 0 Å². The molecule has 0 aromatic rings. The summed E-state index contributed by atoms with van der Waals surface area (Å²) in [7, 11) is 0. The van der Waals surface area contributed by atoms with Gasteiger partial charge >= 0.3 is 23.9 Å². The highest BCUT2D eigenvalue weighted by molar-refractivity contribution is 5.96. The largest absolute Gasteiger partial charge is 0.481 e. The molecule has 0 spiro atoms. The molecule has 3 amide bonds. The Hall–Kier alpha value is -3.75. The SMILES string of the molecule is NC(CC(=O)O)C(=O)N1CCCC1C(=O)NC(CC(=O)O)C(=O)NC(CC(=O)O)C(=O)O. The third kappa shape index (κ3) is 7.82. The molecule has 0 bridgehead atoms. The molecule has 1 heterocycles. The van der Waals surface area contributed by atoms with Crippen molar-refractivity contribution in [2.45, 2.75) is 56.3 Å². The first-order chi connectivity index (χ1) is 14.8. The van der Waals surface area contributed by atoms with Gasteiger partial charge in [-0.25, -0.2) is 4.79 Å². The number of rotatable bonds is 12. The van der Waals surface area contributed by atoms with Gasteiger partial charge in [-0.3, -0.25) is 28.8 Å². The summed E-state index contributed by atoms with van der Waals surface area (Å²) in [6.45, 7) is 0.0831. The van der Waals surface area contributed by atoms with Gasteiger partial charge in [-0.2, -0.15) is 0 Å². The summed E-state index contributed by atoms with van der Waals surface area (Å²) in [5.41, 5.74) is 5.55. The number of nitrogens with one attached hydrogen (secondary N) is 2. The van der Waals surface area contributed by atoms with Crippen LogP contribution in [0, 0.1) is 0 Å². The van der Waals surface area contributed by atoms with E-state index in [-0.39, 0.29) is 13.0 Å². The molecule has 0 radical (unpaired) electrons. The molecule has 0 aromatic heterocycles. The van der Waals surface area contributed by atoms with E-state index in [1.807, 2.05) is 5.32 Å². The average Bonchev–Trinajstić information content (AvgIpc) is 3.14. The number of nitrogens with two attached hydrogens (primary N) is 1. The van der Waals surface area contributed by atoms with Crippen molar-refractivity contribution in [3.8, 4) is 0 Å². The van der Waals surface area contributed by atoms with Gasteiger partial charge in [0.1, 0.15) is 18.1 Å². The third-order valence-corrected chi connectivity index (χ3v) is 4.56. The molecule has 1 aliphatic rings. The maximum Gasteiger partial charge on any atom is 0.326 e. The number of nitrogens with zero attached hydrogens (tertiary/aromatic N) is 1. The number of amides is 3. The van der Waals surface area contributed by atoms with E-state index in [2.05, 4.69) is 5.32 Å². The highest BCUT2D eigenvalue weighted by Gasteiger charge is 2.38. The number of aliphatic carboxylic acids is 4. The van der Waals surface area contributed by atoms with Crippen molar-refractivity contribution < 1.29 is 54.0 Å². The van der Waals surface area contributed by atoms with Gasteiger partial charge in [0.15, 0.2) is 0 Å². The number of hydrogen-bond acceptors (Lipinski definition) is 8. The van der Waals surface area contributed by atoms with Crippen molar-refractivity contribution in [3.05, 3.63) is 0 Å². The fourth-order valence-electron chi connectivity index (χ4n) is 3.09. The van der Waals surface area contributed by atoms with Gasteiger partial charge in [0.2, 0.25) is 17.7 Å². The molecule has 8 N–H and O–H groups in total. The lowest BCUT2D eigenvalue weighted by Crippen LogP contribution is -2.57. The van der Waals surface area contributed by atoms with Crippen LogP contribution in [-0.2, 0) is 33.6 Å². The number of carbonyl (C=O) groups is 7. The van der Waals surface area contributed by atoms with E-state index < -0.39 is 85.0 Å². The van der Waals surface area contributed by atoms with Crippen LogP contribution in [0.25, 0.3) is 0 Å². The molecular weight excluding hydrogens is 436 g/mol. The van der Waals surface area contributed by atoms with E-state index in [1.54, 1.807) is 0 Å². The molecule has 0 aromatic carbocycles. The zero-order valence-corrected chi connectivity index (χ0v) is 16.7. The minimum Gasteiger partial charge on any atom is -0.481 e. The van der Waals surface area contributed by atoms with E-state index in [9.17, 15) is 33.6 Å². The van der Waals surface area contributed by atoms with Crippen molar-refractivity contribution in [1.82, 2.24) is 15.5 Å². The fourth-order valence-corrected chi connectivity index (χ4v) is 3.09. The van der Waals surface area contributed by atoms with Crippen LogP contribution in [0.4, 0.5) is 0 Å². The van der Waals surface area contributed by atoms with Crippen molar-refractivity contribution in [1.29, 1.82) is 0 Å². The Morgan fingerprint density at radius 1 is 0.844 bits per heavy atom. The van der Waals surface area contributed by atoms with Gasteiger partial charge in [0.25, 0.3) is 0 Å². The summed E-state index contributed by atoms with van der Waals surface area (Å²) >= 11 is 0. The van der Waals surface area contributed by atoms with Gasteiger partial charge in [-0.05, 0) is 12.8 Å². The lowest BCUT2D eigenvalue weighted by molar-refractivity contribution is -0.148. The lowest BCUT2D eigenvalue weighted by Gasteiger charge is -2.28. The molecule has 1 aliphatic heterocycles. The Labute approximate surface area is 180 Å². The zero-order valence-electron chi connectivity index (χ0n) is 16.7. The molecule has 15 heteroatoms. The summed E-state index contributed by atoms with van der Waals surface area (Å²) in [5.74, 6) is -9.03. The highest BCUT2D eigenvalue weighted by atomic mass is 16.4. The summed E-state index contributed by atoms with van der Waals surface area (Å²) in [5, 5.41) is 39.5. The van der Waals surface area contributed by atoms with Crippen LogP contribution in [0.2, 0.25) is 0 Å². The van der Waals surface area contributed by atoms with Crippen LogP contribution in [0.3, 0.4) is 0 Å². The third-order valence-electron chi connectivity index (χ3n) is 4.56. The average molecular weight is 460 g/mol. The smallest absolute Gasteiger partial charge is 0.326 e. The topological polar surface area (TPSA) is 254 Å². The number of carbonyl (C=O) groups excluding carboxylic acids is 3. The van der Waals surface area contributed by atoms with E-state index in [1.165, 1.54) is 0 Å². The summed E-state index contributed by atoms with van der Waals surface area (Å²) in [6.07, 6.45) is -2.11. The van der Waals surface area contributed by atoms with Crippen molar-refractivity contribution >= 4 is 41.6 Å². The number of likely N-dealkylation sites (tertiary alicyclic amines) is 1. The van der Waals surface area contributed by atoms with Gasteiger partial charge in [0.05, 0.1) is 25.3 Å². The summed E-state index contributed by atoms with van der Waals surface area (Å²) in [4.78, 5) is 82.2. The molecule has 1 saturated heterocycles. The molecule has 0 aliphatic carbocycles. The Balaban J connectivity index is 2.94. The van der Waals surface area contributed by atoms with Gasteiger partial charge < -0.3 is 41.7 Å². The van der Waals surface area contributed by atoms with E-state index in [0.29, 0.717) is 6.42 Å². The van der Waals surface area contributed by atoms with Crippen LogP contribution in [0.15, 0.2) is 0 Å². The van der Waals surface area contributed by atoms with Crippen LogP contribution >= 0.6 is 0 Å².